The molecule has 0 fully saturated rings. The van der Waals surface area contributed by atoms with Crippen LogP contribution in [0.2, 0.25) is 5.02 Å². The lowest BCUT2D eigenvalue weighted by atomic mass is 10.0. The summed E-state index contributed by atoms with van der Waals surface area (Å²) < 4.78 is 5.19. The number of thiazole rings is 1. The molecule has 1 aliphatic carbocycles. The number of halogens is 1. The number of hydrogen-bond acceptors (Lipinski definition) is 6. The lowest BCUT2D eigenvalue weighted by molar-refractivity contribution is -0.133. The van der Waals surface area contributed by atoms with E-state index in [1.165, 1.54) is 22.6 Å². The lowest BCUT2D eigenvalue weighted by Crippen LogP contribution is -2.41. The first-order valence-electron chi connectivity index (χ1n) is 8.12. The molecule has 1 aromatic heterocycles. The van der Waals surface area contributed by atoms with E-state index in [1.807, 2.05) is 0 Å². The van der Waals surface area contributed by atoms with Gasteiger partial charge >= 0.3 is 5.97 Å². The van der Waals surface area contributed by atoms with Crippen LogP contribution in [-0.2, 0) is 22.4 Å². The molecular weight excluding hydrogens is 362 g/mol. The molecule has 1 aliphatic heterocycles. The zero-order valence-corrected chi connectivity index (χ0v) is 15.0. The molecule has 0 spiro atoms. The van der Waals surface area contributed by atoms with Crippen LogP contribution in [0, 0.1) is 0 Å². The molecule has 2 heterocycles. The van der Waals surface area contributed by atoms with Gasteiger partial charge in [-0.1, -0.05) is 11.6 Å². The Bertz CT molecular complexity index is 828. The number of amides is 1. The van der Waals surface area contributed by atoms with Crippen molar-refractivity contribution in [3.63, 3.8) is 0 Å². The van der Waals surface area contributed by atoms with Gasteiger partial charge in [0.2, 0.25) is 5.91 Å². The van der Waals surface area contributed by atoms with Crippen molar-refractivity contribution in [2.45, 2.75) is 25.7 Å². The molecule has 2 aromatic rings. The molecule has 2 aliphatic rings. The Morgan fingerprint density at radius 1 is 1.36 bits per heavy atom. The van der Waals surface area contributed by atoms with E-state index in [-0.39, 0.29) is 19.0 Å². The predicted octanol–water partition coefficient (Wildman–Crippen LogP) is 3.04. The third-order valence-electron chi connectivity index (χ3n) is 4.23. The van der Waals surface area contributed by atoms with Crippen LogP contribution in [0.3, 0.4) is 0 Å². The van der Waals surface area contributed by atoms with E-state index < -0.39 is 5.97 Å². The molecule has 8 heteroatoms. The van der Waals surface area contributed by atoms with E-state index in [1.54, 1.807) is 23.1 Å². The summed E-state index contributed by atoms with van der Waals surface area (Å²) in [7, 11) is 0. The summed E-state index contributed by atoms with van der Waals surface area (Å²) in [4.78, 5) is 31.6. The van der Waals surface area contributed by atoms with Crippen LogP contribution in [0.1, 0.15) is 23.4 Å². The van der Waals surface area contributed by atoms with Crippen LogP contribution < -0.4 is 15.0 Å². The second-order valence-corrected chi connectivity index (χ2v) is 7.61. The topological polar surface area (TPSA) is 71.5 Å². The van der Waals surface area contributed by atoms with Crippen molar-refractivity contribution in [3.05, 3.63) is 33.8 Å². The van der Waals surface area contributed by atoms with E-state index in [0.29, 0.717) is 21.6 Å². The number of aromatic nitrogens is 1. The first-order valence-corrected chi connectivity index (χ1v) is 9.31. The molecule has 4 rings (SSSR count). The zero-order chi connectivity index (χ0) is 17.4. The van der Waals surface area contributed by atoms with Gasteiger partial charge in [0.25, 0.3) is 0 Å². The van der Waals surface area contributed by atoms with Crippen LogP contribution in [0.4, 0.5) is 10.8 Å². The number of nitrogens with zero attached hydrogens (tertiary/aromatic N) is 2. The highest BCUT2D eigenvalue weighted by Gasteiger charge is 2.26. The van der Waals surface area contributed by atoms with Gasteiger partial charge in [0.15, 0.2) is 10.9 Å². The van der Waals surface area contributed by atoms with E-state index >= 15 is 0 Å². The Morgan fingerprint density at radius 2 is 2.20 bits per heavy atom. The van der Waals surface area contributed by atoms with Gasteiger partial charge in [-0.05, 0) is 43.9 Å². The summed E-state index contributed by atoms with van der Waals surface area (Å²) in [5.74, 6) is -0.197. The van der Waals surface area contributed by atoms with Gasteiger partial charge in [0.05, 0.1) is 17.9 Å². The van der Waals surface area contributed by atoms with Gasteiger partial charge in [0, 0.05) is 9.90 Å². The van der Waals surface area contributed by atoms with E-state index in [4.69, 9.17) is 16.3 Å². The SMILES string of the molecule is O=C(CN1CC(=O)Oc2ccc(Cl)cc21)Nc1nc2c(s1)CCCC2. The molecule has 25 heavy (non-hydrogen) atoms. The van der Waals surface area contributed by atoms with E-state index in [2.05, 4.69) is 10.3 Å². The van der Waals surface area contributed by atoms with Crippen molar-refractivity contribution >= 4 is 45.6 Å². The fraction of sp³-hybridized carbons (Fsp3) is 0.353. The summed E-state index contributed by atoms with van der Waals surface area (Å²) in [5.41, 5.74) is 1.74. The number of esters is 1. The number of fused-ring (bicyclic) bond motifs is 2. The van der Waals surface area contributed by atoms with Gasteiger partial charge < -0.3 is 15.0 Å². The lowest BCUT2D eigenvalue weighted by Gasteiger charge is -2.29. The monoisotopic (exact) mass is 377 g/mol. The normalized spacial score (nSPS) is 16.0. The average Bonchev–Trinajstić information content (AvgIpc) is 2.97. The van der Waals surface area contributed by atoms with Gasteiger partial charge in [-0.15, -0.1) is 11.3 Å². The smallest absolute Gasteiger partial charge is 0.331 e. The Kier molecular flexibility index (Phi) is 4.35. The molecule has 1 amide bonds. The maximum atomic E-state index is 12.4. The molecule has 130 valence electrons. The number of anilines is 2. The average molecular weight is 378 g/mol. The molecule has 6 nitrogen and oxygen atoms in total. The fourth-order valence-corrected chi connectivity index (χ4v) is 4.33. The zero-order valence-electron chi connectivity index (χ0n) is 13.4. The Labute approximate surface area is 153 Å². The fourth-order valence-electron chi connectivity index (χ4n) is 3.10. The first-order chi connectivity index (χ1) is 12.1. The summed E-state index contributed by atoms with van der Waals surface area (Å²) in [6, 6.07) is 4.98. The molecule has 0 saturated heterocycles. The quantitative estimate of drug-likeness (QED) is 0.657. The summed E-state index contributed by atoms with van der Waals surface area (Å²) in [6.07, 6.45) is 4.34. The Morgan fingerprint density at radius 3 is 3.04 bits per heavy atom. The highest BCUT2D eigenvalue weighted by molar-refractivity contribution is 7.15. The minimum absolute atomic E-state index is 0.00906. The number of hydrogen-bond donors (Lipinski definition) is 1. The molecule has 0 atom stereocenters. The second-order valence-electron chi connectivity index (χ2n) is 6.09. The Hall–Kier alpha value is -2.12. The van der Waals surface area contributed by atoms with Gasteiger partial charge in [-0.25, -0.2) is 9.78 Å². The van der Waals surface area contributed by atoms with E-state index in [0.717, 1.165) is 25.0 Å². The number of rotatable bonds is 3. The molecule has 1 aromatic carbocycles. The maximum absolute atomic E-state index is 12.4. The van der Waals surface area contributed by atoms with Crippen molar-refractivity contribution in [1.82, 2.24) is 4.98 Å². The van der Waals surface area contributed by atoms with Crippen molar-refractivity contribution in [1.29, 1.82) is 0 Å². The largest absolute Gasteiger partial charge is 0.423 e. The van der Waals surface area contributed by atoms with E-state index in [9.17, 15) is 9.59 Å². The van der Waals surface area contributed by atoms with Crippen molar-refractivity contribution in [3.8, 4) is 5.75 Å². The summed E-state index contributed by atoms with van der Waals surface area (Å²) >= 11 is 7.57. The van der Waals surface area contributed by atoms with Crippen LogP contribution >= 0.6 is 22.9 Å². The molecular formula is C17H16ClN3O3S. The van der Waals surface area contributed by atoms with Gasteiger partial charge in [0.1, 0.15) is 6.54 Å². The van der Waals surface area contributed by atoms with Crippen LogP contribution in [0.5, 0.6) is 5.75 Å². The van der Waals surface area contributed by atoms with Gasteiger partial charge in [-0.3, -0.25) is 4.79 Å². The highest BCUT2D eigenvalue weighted by Crippen LogP contribution is 2.34. The minimum Gasteiger partial charge on any atom is -0.423 e. The number of nitrogens with one attached hydrogen (secondary N) is 1. The van der Waals surface area contributed by atoms with Crippen molar-refractivity contribution < 1.29 is 14.3 Å². The summed E-state index contributed by atoms with van der Waals surface area (Å²) in [5, 5.41) is 4.00. The number of carbonyl (C=O) groups excluding carboxylic acids is 2. The minimum atomic E-state index is -0.396. The Balaban J connectivity index is 1.48. The maximum Gasteiger partial charge on any atom is 0.331 e. The van der Waals surface area contributed by atoms with Crippen molar-refractivity contribution in [2.75, 3.05) is 23.3 Å². The molecule has 1 N–H and O–H groups in total. The second kappa shape index (κ2) is 6.65. The third kappa shape index (κ3) is 3.48. The number of benzene rings is 1. The predicted molar refractivity (Wildman–Crippen MR) is 96.7 cm³/mol. The number of ether oxygens (including phenoxy) is 1. The molecule has 0 radical (unpaired) electrons. The highest BCUT2D eigenvalue weighted by atomic mass is 35.5. The molecule has 0 saturated carbocycles. The van der Waals surface area contributed by atoms with Crippen LogP contribution in [-0.4, -0.2) is 29.9 Å². The third-order valence-corrected chi connectivity index (χ3v) is 5.54. The number of carbonyl (C=O) groups is 2. The van der Waals surface area contributed by atoms with Gasteiger partial charge in [-0.2, -0.15) is 0 Å². The van der Waals surface area contributed by atoms with Crippen LogP contribution in [0.15, 0.2) is 18.2 Å². The first kappa shape index (κ1) is 16.4. The van der Waals surface area contributed by atoms with Crippen LogP contribution in [0.25, 0.3) is 0 Å². The number of aryl methyl sites for hydroxylation is 2. The standard InChI is InChI=1S/C17H16ClN3O3S/c18-10-5-6-13-12(7-10)21(9-16(23)24-13)8-15(22)20-17-19-11-3-1-2-4-14(11)25-17/h5-7H,1-4,8-9H2,(H,19,20,22). The summed E-state index contributed by atoms with van der Waals surface area (Å²) in [6.45, 7) is 0.0435. The molecule has 0 unspecified atom stereocenters. The van der Waals surface area contributed by atoms with Crippen molar-refractivity contribution in [2.24, 2.45) is 0 Å². The molecule has 0 bridgehead atoms.